The third kappa shape index (κ3) is 46.0. The van der Waals surface area contributed by atoms with Crippen molar-refractivity contribution in [2.24, 2.45) is 0 Å². The van der Waals surface area contributed by atoms with E-state index in [1.165, 1.54) is 83.5 Å². The van der Waals surface area contributed by atoms with Crippen LogP contribution in [0.3, 0.4) is 0 Å². The molecule has 0 aromatic rings. The summed E-state index contributed by atoms with van der Waals surface area (Å²) in [4.78, 5) is 37.9. The average molecular weight is 825 g/mol. The van der Waals surface area contributed by atoms with Crippen molar-refractivity contribution in [3.05, 3.63) is 60.8 Å². The van der Waals surface area contributed by atoms with E-state index < -0.39 is 6.10 Å². The van der Waals surface area contributed by atoms with Crippen molar-refractivity contribution in [3.63, 3.8) is 0 Å². The van der Waals surface area contributed by atoms with Crippen molar-refractivity contribution in [3.8, 4) is 0 Å². The number of hydrogen-bond acceptors (Lipinski definition) is 6. The lowest BCUT2D eigenvalue weighted by molar-refractivity contribution is -0.167. The van der Waals surface area contributed by atoms with Crippen LogP contribution in [0.5, 0.6) is 0 Å². The summed E-state index contributed by atoms with van der Waals surface area (Å²) in [7, 11) is 0. The lowest BCUT2D eigenvalue weighted by Gasteiger charge is -2.18. The monoisotopic (exact) mass is 825 g/mol. The maximum absolute atomic E-state index is 12.7. The number of rotatable bonds is 44. The topological polar surface area (TPSA) is 78.9 Å². The molecule has 0 fully saturated rings. The van der Waals surface area contributed by atoms with Crippen molar-refractivity contribution in [2.45, 2.75) is 245 Å². The van der Waals surface area contributed by atoms with Crippen molar-refractivity contribution >= 4 is 17.9 Å². The summed E-state index contributed by atoms with van der Waals surface area (Å²) in [5.74, 6) is -0.914. The van der Waals surface area contributed by atoms with Crippen LogP contribution in [0, 0.1) is 0 Å². The SMILES string of the molecule is CCC=CCC=CCC=CCCCCCCCC(=O)OCC(COC(=O)CCCCCCCC=CCC=CCCCCC)OC(=O)CCCCCCCCCCCCC. The zero-order valence-electron chi connectivity index (χ0n) is 38.8. The molecule has 340 valence electrons. The molecule has 0 heterocycles. The van der Waals surface area contributed by atoms with Crippen LogP contribution in [-0.4, -0.2) is 37.2 Å². The molecule has 0 saturated carbocycles. The normalized spacial score (nSPS) is 12.5. The Balaban J connectivity index is 4.40. The molecule has 0 saturated heterocycles. The fourth-order valence-electron chi connectivity index (χ4n) is 6.78. The first-order valence-corrected chi connectivity index (χ1v) is 24.8. The number of carbonyl (C=O) groups excluding carboxylic acids is 3. The summed E-state index contributed by atoms with van der Waals surface area (Å²) in [6.45, 7) is 6.46. The highest BCUT2D eigenvalue weighted by atomic mass is 16.6. The van der Waals surface area contributed by atoms with Crippen molar-refractivity contribution in [1.29, 1.82) is 0 Å². The van der Waals surface area contributed by atoms with E-state index >= 15 is 0 Å². The van der Waals surface area contributed by atoms with Gasteiger partial charge in [-0.15, -0.1) is 0 Å². The van der Waals surface area contributed by atoms with Gasteiger partial charge in [0.15, 0.2) is 6.10 Å². The van der Waals surface area contributed by atoms with E-state index in [0.717, 1.165) is 116 Å². The Hall–Kier alpha value is -2.89. The molecule has 0 rings (SSSR count). The van der Waals surface area contributed by atoms with Gasteiger partial charge in [-0.25, -0.2) is 0 Å². The average Bonchev–Trinajstić information content (AvgIpc) is 3.23. The van der Waals surface area contributed by atoms with Crippen LogP contribution in [0.25, 0.3) is 0 Å². The van der Waals surface area contributed by atoms with Gasteiger partial charge in [-0.05, 0) is 83.5 Å². The summed E-state index contributed by atoms with van der Waals surface area (Å²) in [6, 6.07) is 0. The molecule has 0 aliphatic heterocycles. The Bertz CT molecular complexity index is 1090. The van der Waals surface area contributed by atoms with Gasteiger partial charge in [0, 0.05) is 19.3 Å². The van der Waals surface area contributed by atoms with Gasteiger partial charge in [-0.3, -0.25) is 14.4 Å². The van der Waals surface area contributed by atoms with E-state index in [4.69, 9.17) is 14.2 Å². The highest BCUT2D eigenvalue weighted by molar-refractivity contribution is 5.71. The van der Waals surface area contributed by atoms with Crippen LogP contribution in [-0.2, 0) is 28.6 Å². The third-order valence-corrected chi connectivity index (χ3v) is 10.5. The minimum atomic E-state index is -0.783. The molecule has 0 bridgehead atoms. The van der Waals surface area contributed by atoms with E-state index in [9.17, 15) is 14.4 Å². The fourth-order valence-corrected chi connectivity index (χ4v) is 6.78. The van der Waals surface area contributed by atoms with E-state index in [1.807, 2.05) is 0 Å². The number of hydrogen-bond donors (Lipinski definition) is 0. The van der Waals surface area contributed by atoms with E-state index in [2.05, 4.69) is 81.5 Å². The summed E-state index contributed by atoms with van der Waals surface area (Å²) in [5, 5.41) is 0. The van der Waals surface area contributed by atoms with Crippen LogP contribution in [0.4, 0.5) is 0 Å². The molecule has 0 radical (unpaired) electrons. The van der Waals surface area contributed by atoms with Crippen molar-refractivity contribution < 1.29 is 28.6 Å². The van der Waals surface area contributed by atoms with Crippen molar-refractivity contribution in [1.82, 2.24) is 0 Å². The van der Waals surface area contributed by atoms with Crippen LogP contribution >= 0.6 is 0 Å². The van der Waals surface area contributed by atoms with E-state index in [-0.39, 0.29) is 31.1 Å². The molecule has 6 heteroatoms. The Kier molecular flexibility index (Phi) is 45.4. The molecule has 0 aromatic carbocycles. The summed E-state index contributed by atoms with van der Waals surface area (Å²) in [5.41, 5.74) is 0. The molecule has 59 heavy (non-hydrogen) atoms. The molecule has 0 N–H and O–H groups in total. The van der Waals surface area contributed by atoms with Gasteiger partial charge >= 0.3 is 17.9 Å². The van der Waals surface area contributed by atoms with Crippen LogP contribution < -0.4 is 0 Å². The number of ether oxygens (including phenoxy) is 3. The molecule has 1 atom stereocenters. The molecular weight excluding hydrogens is 733 g/mol. The maximum atomic E-state index is 12.7. The van der Waals surface area contributed by atoms with Crippen LogP contribution in [0.1, 0.15) is 239 Å². The van der Waals surface area contributed by atoms with E-state index in [0.29, 0.717) is 19.3 Å². The molecule has 0 aliphatic rings. The number of allylic oxidation sites excluding steroid dienone is 10. The fraction of sp³-hybridized carbons (Fsp3) is 0.755. The van der Waals surface area contributed by atoms with Gasteiger partial charge in [0.2, 0.25) is 0 Å². The molecule has 0 aliphatic carbocycles. The summed E-state index contributed by atoms with van der Waals surface area (Å²) < 4.78 is 16.7. The number of unbranched alkanes of at least 4 members (excludes halogenated alkanes) is 23. The molecule has 1 unspecified atom stereocenters. The zero-order valence-corrected chi connectivity index (χ0v) is 38.8. The molecule has 0 aromatic heterocycles. The second-order valence-electron chi connectivity index (χ2n) is 16.3. The predicted molar refractivity (Wildman–Crippen MR) is 251 cm³/mol. The van der Waals surface area contributed by atoms with Gasteiger partial charge in [0.1, 0.15) is 13.2 Å². The lowest BCUT2D eigenvalue weighted by Crippen LogP contribution is -2.30. The van der Waals surface area contributed by atoms with Gasteiger partial charge in [0.25, 0.3) is 0 Å². The van der Waals surface area contributed by atoms with Gasteiger partial charge in [-0.1, -0.05) is 197 Å². The smallest absolute Gasteiger partial charge is 0.306 e. The van der Waals surface area contributed by atoms with E-state index in [1.54, 1.807) is 0 Å². The number of esters is 3. The second-order valence-corrected chi connectivity index (χ2v) is 16.3. The minimum absolute atomic E-state index is 0.0859. The first kappa shape index (κ1) is 56.1. The predicted octanol–water partition coefficient (Wildman–Crippen LogP) is 16.1. The van der Waals surface area contributed by atoms with Gasteiger partial charge in [0.05, 0.1) is 0 Å². The standard InChI is InChI=1S/C53H92O6/c1-4-7-10-13-16-19-22-24-26-28-31-33-36-39-42-45-51(54)57-48-50(59-53(56)47-44-41-38-35-30-21-18-15-12-9-6-3)49-58-52(55)46-43-40-37-34-32-29-27-25-23-20-17-14-11-8-5-2/h7,10,16-17,19-20,24-27,50H,4-6,8-9,11-15,18,21-23,28-49H2,1-3H3. The number of carbonyl (C=O) groups is 3. The molecule has 6 nitrogen and oxygen atoms in total. The van der Waals surface area contributed by atoms with Crippen molar-refractivity contribution in [2.75, 3.05) is 13.2 Å². The lowest BCUT2D eigenvalue weighted by atomic mass is 10.1. The Morgan fingerprint density at radius 1 is 0.356 bits per heavy atom. The Morgan fingerprint density at radius 3 is 1.07 bits per heavy atom. The van der Waals surface area contributed by atoms with Crippen LogP contribution in [0.2, 0.25) is 0 Å². The zero-order chi connectivity index (χ0) is 43.0. The molecule has 0 spiro atoms. The Labute approximate surface area is 364 Å². The second kappa shape index (κ2) is 47.8. The highest BCUT2D eigenvalue weighted by Gasteiger charge is 2.19. The van der Waals surface area contributed by atoms with Gasteiger partial charge in [-0.2, -0.15) is 0 Å². The first-order valence-electron chi connectivity index (χ1n) is 24.8. The highest BCUT2D eigenvalue weighted by Crippen LogP contribution is 2.14. The van der Waals surface area contributed by atoms with Gasteiger partial charge < -0.3 is 14.2 Å². The first-order chi connectivity index (χ1) is 29.0. The maximum Gasteiger partial charge on any atom is 0.306 e. The minimum Gasteiger partial charge on any atom is -0.462 e. The summed E-state index contributed by atoms with van der Waals surface area (Å²) in [6.07, 6.45) is 57.7. The summed E-state index contributed by atoms with van der Waals surface area (Å²) >= 11 is 0. The molecular formula is C53H92O6. The van der Waals surface area contributed by atoms with Crippen LogP contribution in [0.15, 0.2) is 60.8 Å². The molecule has 0 amide bonds. The quantitative estimate of drug-likeness (QED) is 0.0263. The largest absolute Gasteiger partial charge is 0.462 e. The third-order valence-electron chi connectivity index (χ3n) is 10.5. The Morgan fingerprint density at radius 2 is 0.661 bits per heavy atom.